The number of carbonyl (C=O) groups excluding carboxylic acids is 1. The Morgan fingerprint density at radius 3 is 2.92 bits per heavy atom. The van der Waals surface area contributed by atoms with E-state index < -0.39 is 0 Å². The maximum Gasteiger partial charge on any atom is 0.257 e. The molecule has 0 aliphatic carbocycles. The van der Waals surface area contributed by atoms with Crippen LogP contribution in [0.4, 0.5) is 10.1 Å². The van der Waals surface area contributed by atoms with Crippen molar-refractivity contribution in [3.05, 3.63) is 53.0 Å². The number of aromatic nitrogens is 1. The number of nitriles is 1. The first-order chi connectivity index (χ1) is 12.0. The topological polar surface area (TPSA) is 71.5 Å². The maximum atomic E-state index is 12.9. The van der Waals surface area contributed by atoms with Crippen LogP contribution in [0.3, 0.4) is 0 Å². The fourth-order valence-electron chi connectivity index (χ4n) is 2.81. The molecule has 0 saturated carbocycles. The Kier molecular flexibility index (Phi) is 5.31. The van der Waals surface area contributed by atoms with Gasteiger partial charge in [-0.05, 0) is 42.1 Å². The van der Waals surface area contributed by atoms with Gasteiger partial charge in [0, 0.05) is 5.69 Å². The van der Waals surface area contributed by atoms with Gasteiger partial charge in [0.05, 0.1) is 31.3 Å². The first kappa shape index (κ1) is 17.4. The number of thioether (sulfide) groups is 1. The van der Waals surface area contributed by atoms with Crippen LogP contribution in [0.15, 0.2) is 35.4 Å². The summed E-state index contributed by atoms with van der Waals surface area (Å²) >= 11 is 1.30. The Bertz CT molecular complexity index is 832. The number of nitrogens with one attached hydrogen (secondary N) is 3. The van der Waals surface area contributed by atoms with E-state index in [1.807, 2.05) is 6.07 Å². The number of aromatic amines is 1. The molecule has 1 amide bonds. The van der Waals surface area contributed by atoms with E-state index in [1.54, 1.807) is 0 Å². The monoisotopic (exact) mass is 358 g/mol. The van der Waals surface area contributed by atoms with Gasteiger partial charge in [-0.25, -0.2) is 9.37 Å². The molecule has 128 valence electrons. The van der Waals surface area contributed by atoms with Gasteiger partial charge in [0.25, 0.3) is 5.03 Å². The molecule has 3 N–H and O–H groups in total. The van der Waals surface area contributed by atoms with Gasteiger partial charge in [-0.1, -0.05) is 0 Å². The lowest BCUT2D eigenvalue weighted by Crippen LogP contribution is -3.08. The smallest absolute Gasteiger partial charge is 0.257 e. The van der Waals surface area contributed by atoms with Crippen LogP contribution in [0, 0.1) is 17.1 Å². The minimum Gasteiger partial charge on any atom is -0.333 e. The molecule has 1 aromatic heterocycles. The number of quaternary nitrogens is 1. The number of fused-ring (bicyclic) bond motifs is 1. The molecule has 2 heterocycles. The predicted octanol–water partition coefficient (Wildman–Crippen LogP) is 0.813. The molecule has 5 nitrogen and oxygen atoms in total. The quantitative estimate of drug-likeness (QED) is 0.795. The number of likely N-dealkylation sites (N-methyl/N-ethyl adjacent to an activating group) is 1. The zero-order valence-electron chi connectivity index (χ0n) is 13.9. The Balaban J connectivity index is 1.67. The Morgan fingerprint density at radius 2 is 2.20 bits per heavy atom. The number of nitrogens with zero attached hydrogens (tertiary/aromatic N) is 1. The number of pyridine rings is 1. The van der Waals surface area contributed by atoms with Gasteiger partial charge in [0.2, 0.25) is 5.91 Å². The van der Waals surface area contributed by atoms with Crippen LogP contribution >= 0.6 is 11.8 Å². The lowest BCUT2D eigenvalue weighted by Gasteiger charge is -2.19. The number of anilines is 1. The molecule has 3 rings (SSSR count). The minimum atomic E-state index is -0.345. The second kappa shape index (κ2) is 7.64. The van der Waals surface area contributed by atoms with Crippen molar-refractivity contribution in [3.8, 4) is 6.07 Å². The average molecular weight is 358 g/mol. The van der Waals surface area contributed by atoms with E-state index in [4.69, 9.17) is 0 Å². The Labute approximate surface area is 149 Å². The average Bonchev–Trinajstić information content (AvgIpc) is 2.61. The molecule has 0 spiro atoms. The van der Waals surface area contributed by atoms with Crippen LogP contribution in [-0.2, 0) is 17.8 Å². The molecular formula is C18H19FN4OS+2. The van der Waals surface area contributed by atoms with E-state index in [2.05, 4.69) is 23.4 Å². The molecule has 0 radical (unpaired) electrons. The highest BCUT2D eigenvalue weighted by atomic mass is 32.2. The lowest BCUT2D eigenvalue weighted by molar-refractivity contribution is -0.897. The molecule has 1 aliphatic heterocycles. The maximum absolute atomic E-state index is 12.9. The number of hydrogen-bond acceptors (Lipinski definition) is 3. The van der Waals surface area contributed by atoms with Crippen molar-refractivity contribution >= 4 is 23.4 Å². The predicted molar refractivity (Wildman–Crippen MR) is 92.6 cm³/mol. The van der Waals surface area contributed by atoms with E-state index >= 15 is 0 Å². The van der Waals surface area contributed by atoms with E-state index in [-0.39, 0.29) is 17.5 Å². The van der Waals surface area contributed by atoms with Crippen LogP contribution in [-0.4, -0.2) is 25.3 Å². The molecule has 2 aromatic rings. The minimum absolute atomic E-state index is 0.173. The summed E-state index contributed by atoms with van der Waals surface area (Å²) in [7, 11) is 2.14. The third kappa shape index (κ3) is 4.35. The summed E-state index contributed by atoms with van der Waals surface area (Å²) in [5.74, 6) is -0.370. The summed E-state index contributed by atoms with van der Waals surface area (Å²) in [6.45, 7) is 1.95. The number of rotatable bonds is 4. The van der Waals surface area contributed by atoms with Gasteiger partial charge < -0.3 is 10.2 Å². The van der Waals surface area contributed by atoms with Crippen molar-refractivity contribution in [1.82, 2.24) is 0 Å². The first-order valence-electron chi connectivity index (χ1n) is 8.03. The SMILES string of the molecule is C[NH+]1CCc2[nH+]c(SCC(=O)Nc3ccc(F)cc3)c(C#N)cc2C1. The van der Waals surface area contributed by atoms with Crippen molar-refractivity contribution < 1.29 is 19.1 Å². The fraction of sp³-hybridized carbons (Fsp3) is 0.278. The number of amides is 1. The molecule has 0 bridgehead atoms. The first-order valence-corrected chi connectivity index (χ1v) is 9.01. The Morgan fingerprint density at radius 1 is 1.44 bits per heavy atom. The van der Waals surface area contributed by atoms with Crippen LogP contribution in [0.2, 0.25) is 0 Å². The van der Waals surface area contributed by atoms with E-state index in [0.29, 0.717) is 11.3 Å². The normalized spacial score (nSPS) is 16.0. The summed E-state index contributed by atoms with van der Waals surface area (Å²) in [5.41, 5.74) is 3.42. The summed E-state index contributed by atoms with van der Waals surface area (Å²) in [6.07, 6.45) is 0.933. The molecular weight excluding hydrogens is 339 g/mol. The summed E-state index contributed by atoms with van der Waals surface area (Å²) in [6, 6.07) is 9.76. The summed E-state index contributed by atoms with van der Waals surface area (Å²) in [4.78, 5) is 16.8. The highest BCUT2D eigenvalue weighted by Gasteiger charge is 2.25. The van der Waals surface area contributed by atoms with Crippen LogP contribution in [0.5, 0.6) is 0 Å². The standard InChI is InChI=1S/C18H17FN4OS/c1-23-7-6-16-13(10-23)8-12(9-20)18(22-16)25-11-17(24)21-15-4-2-14(19)3-5-15/h2-5,8H,6-7,10-11H2,1H3,(H,21,24)/p+2. The van der Waals surface area contributed by atoms with Gasteiger partial charge in [0.15, 0.2) is 5.69 Å². The molecule has 0 fully saturated rings. The third-order valence-corrected chi connectivity index (χ3v) is 5.12. The van der Waals surface area contributed by atoms with Crippen molar-refractivity contribution in [1.29, 1.82) is 5.26 Å². The largest absolute Gasteiger partial charge is 0.333 e. The molecule has 1 aromatic carbocycles. The highest BCUT2D eigenvalue weighted by molar-refractivity contribution is 7.99. The van der Waals surface area contributed by atoms with Gasteiger partial charge in [-0.2, -0.15) is 5.26 Å². The number of halogens is 1. The van der Waals surface area contributed by atoms with Gasteiger partial charge in [0.1, 0.15) is 24.0 Å². The number of hydrogen-bond donors (Lipinski definition) is 2. The van der Waals surface area contributed by atoms with Crippen LogP contribution in [0.1, 0.15) is 16.8 Å². The number of H-pyrrole nitrogens is 1. The highest BCUT2D eigenvalue weighted by Crippen LogP contribution is 2.21. The van der Waals surface area contributed by atoms with E-state index in [1.165, 1.54) is 46.5 Å². The molecule has 1 unspecified atom stereocenters. The number of benzene rings is 1. The van der Waals surface area contributed by atoms with Crippen molar-refractivity contribution in [2.45, 2.75) is 18.0 Å². The van der Waals surface area contributed by atoms with Crippen molar-refractivity contribution in [2.24, 2.45) is 0 Å². The second-order valence-corrected chi connectivity index (χ2v) is 7.09. The molecule has 1 atom stereocenters. The van der Waals surface area contributed by atoms with E-state index in [9.17, 15) is 14.4 Å². The van der Waals surface area contributed by atoms with Crippen molar-refractivity contribution in [3.63, 3.8) is 0 Å². The summed E-state index contributed by atoms with van der Waals surface area (Å²) in [5, 5.41) is 12.8. The fourth-order valence-corrected chi connectivity index (χ4v) is 3.61. The van der Waals surface area contributed by atoms with Crippen molar-refractivity contribution in [2.75, 3.05) is 24.7 Å². The van der Waals surface area contributed by atoms with Gasteiger partial charge in [-0.15, -0.1) is 0 Å². The molecule has 1 aliphatic rings. The molecule has 25 heavy (non-hydrogen) atoms. The second-order valence-electron chi connectivity index (χ2n) is 6.11. The number of carbonyl (C=O) groups is 1. The van der Waals surface area contributed by atoms with E-state index in [0.717, 1.165) is 30.2 Å². The lowest BCUT2D eigenvalue weighted by atomic mass is 10.0. The van der Waals surface area contributed by atoms with Gasteiger partial charge >= 0.3 is 0 Å². The summed E-state index contributed by atoms with van der Waals surface area (Å²) < 4.78 is 12.9. The third-order valence-electron chi connectivity index (χ3n) is 4.11. The van der Waals surface area contributed by atoms with Gasteiger partial charge in [-0.3, -0.25) is 4.79 Å². The van der Waals surface area contributed by atoms with Crippen LogP contribution in [0.25, 0.3) is 0 Å². The van der Waals surface area contributed by atoms with Crippen LogP contribution < -0.4 is 15.2 Å². The molecule has 7 heteroatoms. The zero-order chi connectivity index (χ0) is 17.8. The Hall–Kier alpha value is -2.43. The zero-order valence-corrected chi connectivity index (χ0v) is 14.7. The molecule has 0 saturated heterocycles.